The molecule has 0 aromatic heterocycles. The summed E-state index contributed by atoms with van der Waals surface area (Å²) in [5.41, 5.74) is -1.66. The molecule has 0 aromatic carbocycles. The normalized spacial score (nSPS) is 12.8. The zero-order chi connectivity index (χ0) is 10.6. The number of carboxylic acid groups (broad SMARTS) is 2. The molecule has 0 aromatic rings. The van der Waals surface area contributed by atoms with Crippen LogP contribution in [0.3, 0.4) is 0 Å². The fraction of sp³-hybridized carbons (Fsp3) is 0.778. The molecule has 0 amide bonds. The van der Waals surface area contributed by atoms with Gasteiger partial charge in [0.2, 0.25) is 0 Å². The molecule has 14 heavy (non-hydrogen) atoms. The van der Waals surface area contributed by atoms with E-state index in [-0.39, 0.29) is 36.9 Å². The number of hydrogen-bond donors (Lipinski definition) is 2. The van der Waals surface area contributed by atoms with Crippen molar-refractivity contribution in [2.75, 3.05) is 0 Å². The quantitative estimate of drug-likeness (QED) is 0.439. The van der Waals surface area contributed by atoms with Gasteiger partial charge in [-0.2, -0.15) is 0 Å². The van der Waals surface area contributed by atoms with Crippen LogP contribution >= 0.6 is 0 Å². The first-order chi connectivity index (χ1) is 5.87. The summed E-state index contributed by atoms with van der Waals surface area (Å²) in [7, 11) is 0. The zero-order valence-corrected chi connectivity index (χ0v) is 11.2. The molecule has 1 atom stereocenters. The molecule has 0 aliphatic rings. The van der Waals surface area contributed by atoms with E-state index in [0.717, 1.165) is 6.42 Å². The fourth-order valence-corrected chi connectivity index (χ4v) is 1.23. The molecule has 0 spiro atoms. The van der Waals surface area contributed by atoms with Gasteiger partial charge in [0.25, 0.3) is 0 Å². The summed E-state index contributed by atoms with van der Waals surface area (Å²) in [5, 5.41) is 17.6. The zero-order valence-electron chi connectivity index (χ0n) is 10.2. The van der Waals surface area contributed by atoms with Gasteiger partial charge in [-0.15, -0.1) is 0 Å². The Morgan fingerprint density at radius 1 is 1.36 bits per heavy atom. The second-order valence-corrected chi connectivity index (χ2v) is 3.50. The smallest absolute Gasteiger partial charge is 1.00 e. The van der Waals surface area contributed by atoms with E-state index in [0.29, 0.717) is 6.42 Å². The number of carboxylic acids is 2. The van der Waals surface area contributed by atoms with E-state index in [9.17, 15) is 9.59 Å². The molecule has 0 rings (SSSR count). The van der Waals surface area contributed by atoms with Crippen molar-refractivity contribution >= 4 is 11.9 Å². The molecule has 0 aliphatic carbocycles. The van der Waals surface area contributed by atoms with E-state index in [1.54, 1.807) is 6.92 Å². The number of hydrogen-bond acceptors (Lipinski definition) is 2. The van der Waals surface area contributed by atoms with Gasteiger partial charge >= 0.3 is 41.5 Å². The van der Waals surface area contributed by atoms with Gasteiger partial charge in [0, 0.05) is 0 Å². The van der Waals surface area contributed by atoms with Crippen LogP contribution in [0.4, 0.5) is 0 Å². The minimum Gasteiger partial charge on any atom is -1.00 e. The predicted octanol–water partition coefficient (Wildman–Crippen LogP) is -1.29. The van der Waals surface area contributed by atoms with Gasteiger partial charge in [0.15, 0.2) is 5.41 Å². The first-order valence-electron chi connectivity index (χ1n) is 4.34. The summed E-state index contributed by atoms with van der Waals surface area (Å²) in [4.78, 5) is 21.6. The average Bonchev–Trinajstić information content (AvgIpc) is 2.02. The summed E-state index contributed by atoms with van der Waals surface area (Å²) < 4.78 is 0. The average molecular weight is 212 g/mol. The maximum Gasteiger partial charge on any atom is 1.00 e. The maximum atomic E-state index is 10.8. The molecule has 0 fully saturated rings. The number of aliphatic carboxylic acids is 2. The van der Waals surface area contributed by atoms with Crippen LogP contribution in [-0.4, -0.2) is 22.2 Å². The van der Waals surface area contributed by atoms with Crippen LogP contribution in [-0.2, 0) is 9.59 Å². The topological polar surface area (TPSA) is 74.6 Å². The van der Waals surface area contributed by atoms with E-state index < -0.39 is 17.4 Å². The molecule has 2 N–H and O–H groups in total. The molecule has 1 unspecified atom stereocenters. The van der Waals surface area contributed by atoms with Gasteiger partial charge in [-0.3, -0.25) is 9.59 Å². The van der Waals surface area contributed by atoms with Crippen LogP contribution in [0.5, 0.6) is 0 Å². The van der Waals surface area contributed by atoms with Crippen molar-refractivity contribution in [1.29, 1.82) is 0 Å². The van der Waals surface area contributed by atoms with Gasteiger partial charge in [0.1, 0.15) is 0 Å². The van der Waals surface area contributed by atoms with Crippen molar-refractivity contribution in [1.82, 2.24) is 0 Å². The van der Waals surface area contributed by atoms with E-state index in [4.69, 9.17) is 10.2 Å². The molecule has 5 heteroatoms. The molecule has 78 valence electrons. The molecule has 0 bridgehead atoms. The molecule has 0 saturated heterocycles. The van der Waals surface area contributed by atoms with E-state index >= 15 is 0 Å². The Morgan fingerprint density at radius 2 is 1.71 bits per heavy atom. The Balaban J connectivity index is -0.000000720. The van der Waals surface area contributed by atoms with Crippen LogP contribution in [0.2, 0.25) is 0 Å². The minimum absolute atomic E-state index is 0. The molecule has 4 nitrogen and oxygen atoms in total. The van der Waals surface area contributed by atoms with Gasteiger partial charge in [-0.25, -0.2) is 0 Å². The maximum absolute atomic E-state index is 10.8. The van der Waals surface area contributed by atoms with Gasteiger partial charge in [-0.1, -0.05) is 20.3 Å². The summed E-state index contributed by atoms with van der Waals surface area (Å²) in [6.45, 7) is 4.82. The Hall–Kier alpha value is -0.0600. The molecule has 0 heterocycles. The van der Waals surface area contributed by atoms with Gasteiger partial charge in [-0.05, 0) is 19.3 Å². The molecular formula is C9H17NaO4. The molecule has 0 radical (unpaired) electrons. The standard InChI is InChI=1S/C9H16O4.Na.H/c1-4-5-6(2)9(3,7(10)11)8(12)13;;/h6H,4-5H2,1-3H3,(H,10,11)(H,12,13);;/q;+1;-1. The van der Waals surface area contributed by atoms with E-state index in [1.807, 2.05) is 6.92 Å². The third-order valence-electron chi connectivity index (χ3n) is 2.60. The number of rotatable bonds is 5. The summed E-state index contributed by atoms with van der Waals surface area (Å²) in [5.74, 6) is -2.88. The van der Waals surface area contributed by atoms with E-state index in [1.165, 1.54) is 6.92 Å². The van der Waals surface area contributed by atoms with Crippen LogP contribution in [0, 0.1) is 11.3 Å². The largest absolute Gasteiger partial charge is 1.00 e. The second-order valence-electron chi connectivity index (χ2n) is 3.50. The molecule has 0 aliphatic heterocycles. The minimum atomic E-state index is -1.66. The summed E-state index contributed by atoms with van der Waals surface area (Å²) in [6, 6.07) is 0. The van der Waals surface area contributed by atoms with Crippen molar-refractivity contribution in [2.45, 2.75) is 33.6 Å². The van der Waals surface area contributed by atoms with Gasteiger partial charge < -0.3 is 11.6 Å². The Labute approximate surface area is 107 Å². The molecule has 0 saturated carbocycles. The summed E-state index contributed by atoms with van der Waals surface area (Å²) >= 11 is 0. The first kappa shape index (κ1) is 16.4. The third-order valence-corrected chi connectivity index (χ3v) is 2.60. The first-order valence-corrected chi connectivity index (χ1v) is 4.34. The second kappa shape index (κ2) is 6.43. The van der Waals surface area contributed by atoms with Gasteiger partial charge in [0.05, 0.1) is 0 Å². The van der Waals surface area contributed by atoms with Crippen molar-refractivity contribution in [3.05, 3.63) is 0 Å². The number of carbonyl (C=O) groups is 2. The van der Waals surface area contributed by atoms with Crippen LogP contribution in [0.1, 0.15) is 35.0 Å². The predicted molar refractivity (Wildman–Crippen MR) is 48.6 cm³/mol. The fourth-order valence-electron chi connectivity index (χ4n) is 1.23. The van der Waals surface area contributed by atoms with Crippen molar-refractivity contribution in [3.8, 4) is 0 Å². The van der Waals surface area contributed by atoms with Crippen molar-refractivity contribution in [3.63, 3.8) is 0 Å². The van der Waals surface area contributed by atoms with Crippen LogP contribution in [0.25, 0.3) is 0 Å². The Morgan fingerprint density at radius 3 is 1.93 bits per heavy atom. The van der Waals surface area contributed by atoms with Crippen molar-refractivity contribution in [2.24, 2.45) is 11.3 Å². The summed E-state index contributed by atoms with van der Waals surface area (Å²) in [6.07, 6.45) is 1.40. The van der Waals surface area contributed by atoms with Crippen LogP contribution in [0.15, 0.2) is 0 Å². The molecular weight excluding hydrogens is 195 g/mol. The third kappa shape index (κ3) is 3.26. The van der Waals surface area contributed by atoms with Crippen molar-refractivity contribution < 1.29 is 50.8 Å². The Kier molecular flexibility index (Phi) is 7.52. The van der Waals surface area contributed by atoms with Crippen LogP contribution < -0.4 is 29.6 Å². The Bertz CT molecular complexity index is 206. The SMILES string of the molecule is CCCC(C)C(C)(C(=O)O)C(=O)O.[H-].[Na+]. The monoisotopic (exact) mass is 212 g/mol. The van der Waals surface area contributed by atoms with E-state index in [2.05, 4.69) is 0 Å².